The molecule has 1 aromatic rings. The van der Waals surface area contributed by atoms with Gasteiger partial charge in [-0.1, -0.05) is 18.5 Å². The van der Waals surface area contributed by atoms with E-state index in [1.807, 2.05) is 6.92 Å². The lowest BCUT2D eigenvalue weighted by atomic mass is 10.0. The molecule has 0 heterocycles. The monoisotopic (exact) mass is 219 g/mol. The second-order valence-electron chi connectivity index (χ2n) is 3.22. The van der Waals surface area contributed by atoms with E-state index in [2.05, 4.69) is 0 Å². The van der Waals surface area contributed by atoms with Gasteiger partial charge >= 0.3 is 0 Å². The first-order valence-electron chi connectivity index (χ1n) is 4.43. The number of hydrogen-bond acceptors (Lipinski definition) is 1. The molecule has 0 spiro atoms. The molecule has 0 bridgehead atoms. The lowest BCUT2D eigenvalue weighted by Gasteiger charge is -2.10. The summed E-state index contributed by atoms with van der Waals surface area (Å²) < 4.78 is 26.5. The molecule has 78 valence electrons. The molecule has 0 saturated heterocycles. The largest absolute Gasteiger partial charge is 0.327 e. The molecular formula is C10H12ClF2N. The summed E-state index contributed by atoms with van der Waals surface area (Å²) in [5.41, 5.74) is 5.63. The van der Waals surface area contributed by atoms with Gasteiger partial charge in [-0.3, -0.25) is 0 Å². The standard InChI is InChI=1S/C10H12ClF2N/c1-2-7(14)5-8-9(12)3-6(11)4-10(8)13/h3-4,7H,2,5,14H2,1H3. The predicted octanol–water partition coefficient (Wildman–Crippen LogP) is 2.90. The second kappa shape index (κ2) is 4.71. The highest BCUT2D eigenvalue weighted by Gasteiger charge is 2.13. The van der Waals surface area contributed by atoms with Gasteiger partial charge in [0.1, 0.15) is 11.6 Å². The Morgan fingerprint density at radius 2 is 1.86 bits per heavy atom. The molecule has 1 atom stereocenters. The predicted molar refractivity (Wildman–Crippen MR) is 53.3 cm³/mol. The molecule has 2 N–H and O–H groups in total. The van der Waals surface area contributed by atoms with Crippen molar-refractivity contribution in [1.29, 1.82) is 0 Å². The van der Waals surface area contributed by atoms with Crippen LogP contribution in [0.2, 0.25) is 5.02 Å². The van der Waals surface area contributed by atoms with Crippen LogP contribution in [0.3, 0.4) is 0 Å². The molecule has 0 aliphatic heterocycles. The molecule has 0 fully saturated rings. The van der Waals surface area contributed by atoms with E-state index >= 15 is 0 Å². The number of hydrogen-bond donors (Lipinski definition) is 1. The minimum atomic E-state index is -0.626. The van der Waals surface area contributed by atoms with Crippen molar-refractivity contribution in [3.63, 3.8) is 0 Å². The van der Waals surface area contributed by atoms with Crippen LogP contribution in [0.4, 0.5) is 8.78 Å². The van der Waals surface area contributed by atoms with E-state index in [0.717, 1.165) is 12.1 Å². The van der Waals surface area contributed by atoms with Crippen molar-refractivity contribution >= 4 is 11.6 Å². The van der Waals surface area contributed by atoms with Crippen LogP contribution in [-0.2, 0) is 6.42 Å². The van der Waals surface area contributed by atoms with E-state index in [0.29, 0.717) is 6.42 Å². The third kappa shape index (κ3) is 2.66. The van der Waals surface area contributed by atoms with Crippen LogP contribution in [0.15, 0.2) is 12.1 Å². The molecule has 1 nitrogen and oxygen atoms in total. The normalized spacial score (nSPS) is 12.9. The van der Waals surface area contributed by atoms with E-state index in [1.54, 1.807) is 0 Å². The fourth-order valence-electron chi connectivity index (χ4n) is 1.17. The number of halogens is 3. The SMILES string of the molecule is CCC(N)Cc1c(F)cc(Cl)cc1F. The second-order valence-corrected chi connectivity index (χ2v) is 3.66. The highest BCUT2D eigenvalue weighted by atomic mass is 35.5. The first-order valence-corrected chi connectivity index (χ1v) is 4.81. The van der Waals surface area contributed by atoms with Gasteiger partial charge in [-0.05, 0) is 25.0 Å². The Hall–Kier alpha value is -0.670. The third-order valence-corrected chi connectivity index (χ3v) is 2.31. The van der Waals surface area contributed by atoms with Crippen molar-refractivity contribution in [1.82, 2.24) is 0 Å². The van der Waals surface area contributed by atoms with Gasteiger partial charge in [-0.15, -0.1) is 0 Å². The van der Waals surface area contributed by atoms with Crippen molar-refractivity contribution in [3.05, 3.63) is 34.4 Å². The molecule has 0 aromatic heterocycles. The fourth-order valence-corrected chi connectivity index (χ4v) is 1.37. The first kappa shape index (κ1) is 11.4. The van der Waals surface area contributed by atoms with E-state index < -0.39 is 11.6 Å². The Morgan fingerprint density at radius 3 is 2.29 bits per heavy atom. The van der Waals surface area contributed by atoms with Crippen LogP contribution in [0, 0.1) is 11.6 Å². The zero-order valence-electron chi connectivity index (χ0n) is 7.86. The van der Waals surface area contributed by atoms with E-state index in [9.17, 15) is 8.78 Å². The van der Waals surface area contributed by atoms with Crippen LogP contribution in [0.1, 0.15) is 18.9 Å². The maximum Gasteiger partial charge on any atom is 0.130 e. The van der Waals surface area contributed by atoms with E-state index in [1.165, 1.54) is 0 Å². The maximum atomic E-state index is 13.2. The molecule has 4 heteroatoms. The highest BCUT2D eigenvalue weighted by molar-refractivity contribution is 6.30. The summed E-state index contributed by atoms with van der Waals surface area (Å²) in [4.78, 5) is 0. The van der Waals surface area contributed by atoms with Gasteiger partial charge in [0.05, 0.1) is 0 Å². The lowest BCUT2D eigenvalue weighted by Crippen LogP contribution is -2.22. The molecule has 1 unspecified atom stereocenters. The van der Waals surface area contributed by atoms with Crippen LogP contribution >= 0.6 is 11.6 Å². The quantitative estimate of drug-likeness (QED) is 0.831. The smallest absolute Gasteiger partial charge is 0.130 e. The zero-order chi connectivity index (χ0) is 10.7. The van der Waals surface area contributed by atoms with Gasteiger partial charge in [-0.25, -0.2) is 8.78 Å². The summed E-state index contributed by atoms with van der Waals surface area (Å²) in [6.07, 6.45) is 0.882. The molecule has 0 saturated carbocycles. The number of benzene rings is 1. The van der Waals surface area contributed by atoms with Gasteiger partial charge in [0.25, 0.3) is 0 Å². The average Bonchev–Trinajstić information content (AvgIpc) is 2.10. The Morgan fingerprint density at radius 1 is 1.36 bits per heavy atom. The minimum Gasteiger partial charge on any atom is -0.327 e. The molecule has 0 aliphatic rings. The summed E-state index contributed by atoms with van der Waals surface area (Å²) in [6.45, 7) is 1.87. The van der Waals surface area contributed by atoms with Gasteiger partial charge < -0.3 is 5.73 Å². The summed E-state index contributed by atoms with van der Waals surface area (Å²) in [5.74, 6) is -1.25. The summed E-state index contributed by atoms with van der Waals surface area (Å²) in [7, 11) is 0. The molecule has 0 aliphatic carbocycles. The fraction of sp³-hybridized carbons (Fsp3) is 0.400. The third-order valence-electron chi connectivity index (χ3n) is 2.10. The summed E-state index contributed by atoms with van der Waals surface area (Å²) >= 11 is 5.48. The Labute approximate surface area is 86.9 Å². The highest BCUT2D eigenvalue weighted by Crippen LogP contribution is 2.20. The van der Waals surface area contributed by atoms with E-state index in [-0.39, 0.29) is 23.0 Å². The van der Waals surface area contributed by atoms with Crippen LogP contribution in [-0.4, -0.2) is 6.04 Å². The van der Waals surface area contributed by atoms with Gasteiger partial charge in [0.2, 0.25) is 0 Å². The topological polar surface area (TPSA) is 26.0 Å². The molecule has 0 radical (unpaired) electrons. The zero-order valence-corrected chi connectivity index (χ0v) is 8.61. The lowest BCUT2D eigenvalue weighted by molar-refractivity contribution is 0.531. The Balaban J connectivity index is 2.96. The minimum absolute atomic E-state index is 0.0174. The average molecular weight is 220 g/mol. The van der Waals surface area contributed by atoms with E-state index in [4.69, 9.17) is 17.3 Å². The Kier molecular flexibility index (Phi) is 3.84. The number of nitrogens with two attached hydrogens (primary N) is 1. The van der Waals surface area contributed by atoms with Crippen LogP contribution < -0.4 is 5.73 Å². The van der Waals surface area contributed by atoms with Crippen molar-refractivity contribution < 1.29 is 8.78 Å². The maximum absolute atomic E-state index is 13.2. The summed E-state index contributed by atoms with van der Waals surface area (Å²) in [6, 6.07) is 1.98. The molecule has 0 amide bonds. The first-order chi connectivity index (χ1) is 6.54. The summed E-state index contributed by atoms with van der Waals surface area (Å²) in [5, 5.41) is 0.0637. The van der Waals surface area contributed by atoms with Gasteiger partial charge in [0, 0.05) is 16.6 Å². The van der Waals surface area contributed by atoms with Gasteiger partial charge in [-0.2, -0.15) is 0 Å². The van der Waals surface area contributed by atoms with Crippen molar-refractivity contribution in [2.45, 2.75) is 25.8 Å². The molecule has 14 heavy (non-hydrogen) atoms. The van der Waals surface area contributed by atoms with Crippen LogP contribution in [0.5, 0.6) is 0 Å². The van der Waals surface area contributed by atoms with Crippen molar-refractivity contribution in [2.24, 2.45) is 5.73 Å². The Bertz CT molecular complexity index is 305. The van der Waals surface area contributed by atoms with Gasteiger partial charge in [0.15, 0.2) is 0 Å². The molecule has 1 aromatic carbocycles. The number of rotatable bonds is 3. The van der Waals surface area contributed by atoms with Crippen molar-refractivity contribution in [3.8, 4) is 0 Å². The molecule has 1 rings (SSSR count). The van der Waals surface area contributed by atoms with Crippen molar-refractivity contribution in [2.75, 3.05) is 0 Å². The van der Waals surface area contributed by atoms with Crippen LogP contribution in [0.25, 0.3) is 0 Å². The molecular weight excluding hydrogens is 208 g/mol.